The van der Waals surface area contributed by atoms with Gasteiger partial charge in [-0.2, -0.15) is 0 Å². The number of piperidine rings is 1. The number of halogens is 1. The van der Waals surface area contributed by atoms with Crippen LogP contribution in [0.25, 0.3) is 0 Å². The molecule has 5 nitrogen and oxygen atoms in total. The number of guanidine groups is 1. The van der Waals surface area contributed by atoms with E-state index >= 15 is 0 Å². The molecule has 27 heavy (non-hydrogen) atoms. The Morgan fingerprint density at radius 3 is 2.59 bits per heavy atom. The van der Waals surface area contributed by atoms with Gasteiger partial charge in [0.15, 0.2) is 5.96 Å². The molecule has 0 unspecified atom stereocenters. The van der Waals surface area contributed by atoms with Crippen LogP contribution in [0.15, 0.2) is 29.4 Å². The molecule has 1 aromatic rings. The van der Waals surface area contributed by atoms with E-state index in [1.807, 2.05) is 19.3 Å². The Morgan fingerprint density at radius 1 is 1.26 bits per heavy atom. The Kier molecular flexibility index (Phi) is 9.29. The van der Waals surface area contributed by atoms with E-state index in [9.17, 15) is 0 Å². The number of hydrogen-bond acceptors (Lipinski definition) is 3. The minimum atomic E-state index is 0. The van der Waals surface area contributed by atoms with E-state index < -0.39 is 0 Å². The molecule has 2 aliphatic rings. The van der Waals surface area contributed by atoms with E-state index in [-0.39, 0.29) is 24.0 Å². The molecule has 1 aliphatic carbocycles. The van der Waals surface area contributed by atoms with Gasteiger partial charge in [-0.1, -0.05) is 25.8 Å². The Bertz CT molecular complexity index is 563. The number of aromatic nitrogens is 1. The summed E-state index contributed by atoms with van der Waals surface area (Å²) in [6.07, 6.45) is 11.0. The monoisotopic (exact) mass is 485 g/mol. The molecule has 2 fully saturated rings. The first-order valence-corrected chi connectivity index (χ1v) is 10.3. The van der Waals surface area contributed by atoms with Gasteiger partial charge in [0.2, 0.25) is 0 Å². The summed E-state index contributed by atoms with van der Waals surface area (Å²) in [5.41, 5.74) is 1.65. The molecule has 0 radical (unpaired) electrons. The fourth-order valence-corrected chi connectivity index (χ4v) is 4.40. The van der Waals surface area contributed by atoms with Gasteiger partial charge in [0.05, 0.1) is 5.69 Å². The Morgan fingerprint density at radius 2 is 2.00 bits per heavy atom. The Hall–Kier alpha value is -0.890. The van der Waals surface area contributed by atoms with Crippen LogP contribution in [0.5, 0.6) is 0 Å². The van der Waals surface area contributed by atoms with Crippen LogP contribution in [0, 0.1) is 5.41 Å². The first-order chi connectivity index (χ1) is 12.7. The summed E-state index contributed by atoms with van der Waals surface area (Å²) in [4.78, 5) is 11.4. The maximum atomic E-state index is 4.47. The maximum absolute atomic E-state index is 4.47. The largest absolute Gasteiger partial charge is 0.356 e. The van der Waals surface area contributed by atoms with Gasteiger partial charge >= 0.3 is 0 Å². The first kappa shape index (κ1) is 22.4. The molecule has 152 valence electrons. The average Bonchev–Trinajstić information content (AvgIpc) is 3.17. The van der Waals surface area contributed by atoms with E-state index in [0.717, 1.165) is 50.7 Å². The third kappa shape index (κ3) is 6.59. The van der Waals surface area contributed by atoms with Gasteiger partial charge < -0.3 is 10.6 Å². The highest BCUT2D eigenvalue weighted by Gasteiger charge is 2.32. The van der Waals surface area contributed by atoms with Gasteiger partial charge in [0.25, 0.3) is 0 Å². The lowest BCUT2D eigenvalue weighted by atomic mass is 9.83. The summed E-state index contributed by atoms with van der Waals surface area (Å²) in [7, 11) is 1.89. The predicted molar refractivity (Wildman–Crippen MR) is 124 cm³/mol. The molecule has 0 bridgehead atoms. The highest BCUT2D eigenvalue weighted by Crippen LogP contribution is 2.40. The molecular weight excluding hydrogens is 449 g/mol. The van der Waals surface area contributed by atoms with E-state index in [1.165, 1.54) is 32.1 Å². The van der Waals surface area contributed by atoms with Crippen molar-refractivity contribution in [3.63, 3.8) is 0 Å². The highest BCUT2D eigenvalue weighted by molar-refractivity contribution is 14.0. The normalized spacial score (nSPS) is 20.9. The number of hydrogen-bond donors (Lipinski definition) is 2. The number of pyridine rings is 1. The first-order valence-electron chi connectivity index (χ1n) is 10.3. The summed E-state index contributed by atoms with van der Waals surface area (Å²) in [5.74, 6) is 0.980. The molecule has 0 amide bonds. The second-order valence-corrected chi connectivity index (χ2v) is 8.00. The summed E-state index contributed by atoms with van der Waals surface area (Å²) in [6.45, 7) is 6.58. The number of likely N-dealkylation sites (tertiary alicyclic amines) is 1. The lowest BCUT2D eigenvalue weighted by Crippen LogP contribution is -2.50. The zero-order valence-electron chi connectivity index (χ0n) is 16.9. The molecule has 0 aromatic carbocycles. The van der Waals surface area contributed by atoms with Gasteiger partial charge in [0, 0.05) is 45.5 Å². The molecule has 1 aliphatic heterocycles. The van der Waals surface area contributed by atoms with Crippen LogP contribution in [0.2, 0.25) is 0 Å². The van der Waals surface area contributed by atoms with Crippen molar-refractivity contribution in [2.45, 2.75) is 64.5 Å². The van der Waals surface area contributed by atoms with Crippen LogP contribution in [0.1, 0.15) is 57.6 Å². The fourth-order valence-electron chi connectivity index (χ4n) is 4.40. The molecular formula is C21H36IN5. The molecule has 1 saturated carbocycles. The zero-order valence-corrected chi connectivity index (χ0v) is 19.2. The lowest BCUT2D eigenvalue weighted by molar-refractivity contribution is 0.196. The van der Waals surface area contributed by atoms with Gasteiger partial charge in [0.1, 0.15) is 0 Å². The van der Waals surface area contributed by atoms with Crippen molar-refractivity contribution in [2.24, 2.45) is 10.4 Å². The molecule has 2 N–H and O–H groups in total. The van der Waals surface area contributed by atoms with E-state index in [1.54, 1.807) is 0 Å². The quantitative estimate of drug-likeness (QED) is 0.366. The SMILES string of the molecule is CCC1(CNC(=NC)NC2CCN(Cc3ccccn3)CC2)CCCC1.I. The van der Waals surface area contributed by atoms with Gasteiger partial charge in [-0.25, -0.2) is 0 Å². The van der Waals surface area contributed by atoms with Crippen LogP contribution in [-0.4, -0.2) is 48.6 Å². The van der Waals surface area contributed by atoms with Crippen molar-refractivity contribution in [1.82, 2.24) is 20.5 Å². The second kappa shape index (κ2) is 11.2. The molecule has 6 heteroatoms. The minimum absolute atomic E-state index is 0. The van der Waals surface area contributed by atoms with Crippen molar-refractivity contribution in [3.8, 4) is 0 Å². The van der Waals surface area contributed by atoms with Gasteiger partial charge in [-0.05, 0) is 49.7 Å². The number of nitrogens with zero attached hydrogens (tertiary/aromatic N) is 3. The smallest absolute Gasteiger partial charge is 0.191 e. The van der Waals surface area contributed by atoms with Crippen molar-refractivity contribution in [2.75, 3.05) is 26.7 Å². The number of nitrogens with one attached hydrogen (secondary N) is 2. The molecule has 1 aromatic heterocycles. The van der Waals surface area contributed by atoms with Crippen LogP contribution in [-0.2, 0) is 6.54 Å². The van der Waals surface area contributed by atoms with E-state index in [4.69, 9.17) is 0 Å². The standard InChI is InChI=1S/C21H35N5.HI/c1-3-21(11-5-6-12-21)17-24-20(22-2)25-18-9-14-26(15-10-18)16-19-8-4-7-13-23-19;/h4,7-8,13,18H,3,5-6,9-12,14-17H2,1-2H3,(H2,22,24,25);1H. The van der Waals surface area contributed by atoms with Crippen LogP contribution in [0.4, 0.5) is 0 Å². The summed E-state index contributed by atoms with van der Waals surface area (Å²) < 4.78 is 0. The predicted octanol–water partition coefficient (Wildman–Crippen LogP) is 3.80. The Labute approximate surface area is 181 Å². The van der Waals surface area contributed by atoms with Crippen LogP contribution < -0.4 is 10.6 Å². The Balaban J connectivity index is 0.00000261. The maximum Gasteiger partial charge on any atom is 0.191 e. The molecule has 1 saturated heterocycles. The molecule has 3 rings (SSSR count). The van der Waals surface area contributed by atoms with Crippen molar-refractivity contribution in [3.05, 3.63) is 30.1 Å². The van der Waals surface area contributed by atoms with Crippen molar-refractivity contribution < 1.29 is 0 Å². The van der Waals surface area contributed by atoms with Gasteiger partial charge in [-0.15, -0.1) is 24.0 Å². The third-order valence-corrected chi connectivity index (χ3v) is 6.31. The van der Waals surface area contributed by atoms with Crippen molar-refractivity contribution in [1.29, 1.82) is 0 Å². The average molecular weight is 485 g/mol. The highest BCUT2D eigenvalue weighted by atomic mass is 127. The number of rotatable bonds is 6. The molecule has 0 atom stereocenters. The lowest BCUT2D eigenvalue weighted by Gasteiger charge is -2.34. The second-order valence-electron chi connectivity index (χ2n) is 8.00. The third-order valence-electron chi connectivity index (χ3n) is 6.31. The van der Waals surface area contributed by atoms with E-state index in [2.05, 4.69) is 44.6 Å². The minimum Gasteiger partial charge on any atom is -0.356 e. The van der Waals surface area contributed by atoms with Crippen molar-refractivity contribution >= 4 is 29.9 Å². The summed E-state index contributed by atoms with van der Waals surface area (Å²) >= 11 is 0. The molecule has 2 heterocycles. The van der Waals surface area contributed by atoms with Gasteiger partial charge in [-0.3, -0.25) is 14.9 Å². The zero-order chi connectivity index (χ0) is 18.2. The number of aliphatic imine (C=N–C) groups is 1. The van der Waals surface area contributed by atoms with Crippen LogP contribution in [0.3, 0.4) is 0 Å². The summed E-state index contributed by atoms with van der Waals surface area (Å²) in [6, 6.07) is 6.68. The fraction of sp³-hybridized carbons (Fsp3) is 0.714. The van der Waals surface area contributed by atoms with Crippen LogP contribution >= 0.6 is 24.0 Å². The summed E-state index contributed by atoms with van der Waals surface area (Å²) in [5, 5.41) is 7.27. The molecule has 0 spiro atoms. The van der Waals surface area contributed by atoms with E-state index in [0.29, 0.717) is 11.5 Å². The topological polar surface area (TPSA) is 52.6 Å².